The lowest BCUT2D eigenvalue weighted by molar-refractivity contribution is 0.885. The van der Waals surface area contributed by atoms with Crippen LogP contribution in [0, 0.1) is 6.92 Å². The second-order valence-electron chi connectivity index (χ2n) is 5.17. The van der Waals surface area contributed by atoms with E-state index in [2.05, 4.69) is 25.0 Å². The lowest BCUT2D eigenvalue weighted by Crippen LogP contribution is -2.20. The number of nitrogens with zero attached hydrogens (tertiary/aromatic N) is 7. The minimum Gasteiger partial charge on any atom is -0.341 e. The number of fused-ring (bicyclic) bond motifs is 1. The smallest absolute Gasteiger partial charge is 0.252 e. The molecular formula is C14H15N7. The van der Waals surface area contributed by atoms with E-state index in [1.54, 1.807) is 16.9 Å². The third-order valence-corrected chi connectivity index (χ3v) is 3.85. The molecule has 0 atom stereocenters. The van der Waals surface area contributed by atoms with Gasteiger partial charge in [0.1, 0.15) is 6.33 Å². The fourth-order valence-corrected chi connectivity index (χ4v) is 2.71. The van der Waals surface area contributed by atoms with E-state index in [-0.39, 0.29) is 0 Å². The van der Waals surface area contributed by atoms with Crippen LogP contribution in [-0.4, -0.2) is 42.6 Å². The summed E-state index contributed by atoms with van der Waals surface area (Å²) in [6, 6.07) is 1.91. The second-order valence-corrected chi connectivity index (χ2v) is 5.17. The zero-order valence-electron chi connectivity index (χ0n) is 11.8. The highest BCUT2D eigenvalue weighted by atomic mass is 15.3. The predicted molar refractivity (Wildman–Crippen MR) is 78.0 cm³/mol. The SMILES string of the molecule is Cc1c(-c2ccnc(N3CCCC3)n2)cnc2ncnn12. The average Bonchev–Trinajstić information content (AvgIpc) is 3.19. The number of anilines is 1. The number of hydrogen-bond donors (Lipinski definition) is 0. The van der Waals surface area contributed by atoms with Crippen molar-refractivity contribution in [3.63, 3.8) is 0 Å². The van der Waals surface area contributed by atoms with Crippen LogP contribution in [0.5, 0.6) is 0 Å². The Morgan fingerprint density at radius 3 is 2.81 bits per heavy atom. The summed E-state index contributed by atoms with van der Waals surface area (Å²) in [5.41, 5.74) is 2.80. The van der Waals surface area contributed by atoms with Gasteiger partial charge in [0, 0.05) is 31.0 Å². The summed E-state index contributed by atoms with van der Waals surface area (Å²) in [4.78, 5) is 19.7. The van der Waals surface area contributed by atoms with Gasteiger partial charge in [-0.2, -0.15) is 10.1 Å². The van der Waals surface area contributed by atoms with E-state index in [4.69, 9.17) is 4.98 Å². The summed E-state index contributed by atoms with van der Waals surface area (Å²) < 4.78 is 1.73. The highest BCUT2D eigenvalue weighted by Gasteiger charge is 2.16. The van der Waals surface area contributed by atoms with E-state index in [0.29, 0.717) is 5.78 Å². The summed E-state index contributed by atoms with van der Waals surface area (Å²) in [5.74, 6) is 1.40. The van der Waals surface area contributed by atoms with Gasteiger partial charge in [-0.3, -0.25) is 0 Å². The minimum atomic E-state index is 0.602. The van der Waals surface area contributed by atoms with Gasteiger partial charge in [0.2, 0.25) is 5.95 Å². The molecule has 0 amide bonds. The fourth-order valence-electron chi connectivity index (χ4n) is 2.71. The van der Waals surface area contributed by atoms with E-state index >= 15 is 0 Å². The summed E-state index contributed by atoms with van der Waals surface area (Å²) >= 11 is 0. The minimum absolute atomic E-state index is 0.602. The first-order chi connectivity index (χ1) is 10.3. The van der Waals surface area contributed by atoms with Gasteiger partial charge < -0.3 is 4.90 Å². The molecule has 0 N–H and O–H groups in total. The average molecular weight is 281 g/mol. The molecule has 106 valence electrons. The molecule has 0 aromatic carbocycles. The standard InChI is InChI=1S/C14H15N7/c1-10-11(8-16-13-17-9-18-21(10)13)12-4-5-15-14(19-12)20-6-2-3-7-20/h4-5,8-9H,2-3,6-7H2,1H3. The van der Waals surface area contributed by atoms with Crippen LogP contribution < -0.4 is 4.90 Å². The zero-order valence-corrected chi connectivity index (χ0v) is 11.8. The van der Waals surface area contributed by atoms with Crippen LogP contribution in [0.1, 0.15) is 18.5 Å². The molecule has 7 heteroatoms. The first-order valence-electron chi connectivity index (χ1n) is 7.06. The molecule has 7 nitrogen and oxygen atoms in total. The molecule has 1 aliphatic heterocycles. The van der Waals surface area contributed by atoms with Crippen LogP contribution >= 0.6 is 0 Å². The molecule has 4 heterocycles. The van der Waals surface area contributed by atoms with Gasteiger partial charge in [0.15, 0.2) is 0 Å². The van der Waals surface area contributed by atoms with Crippen molar-refractivity contribution >= 4 is 11.7 Å². The molecule has 0 unspecified atom stereocenters. The van der Waals surface area contributed by atoms with Crippen molar-refractivity contribution in [2.75, 3.05) is 18.0 Å². The van der Waals surface area contributed by atoms with Gasteiger partial charge in [-0.15, -0.1) is 0 Å². The van der Waals surface area contributed by atoms with Crippen LogP contribution in [0.4, 0.5) is 5.95 Å². The molecule has 1 aliphatic rings. The topological polar surface area (TPSA) is 72.1 Å². The third kappa shape index (κ3) is 2.01. The van der Waals surface area contributed by atoms with Gasteiger partial charge in [-0.25, -0.2) is 19.5 Å². The Bertz CT molecular complexity index is 789. The Morgan fingerprint density at radius 2 is 1.95 bits per heavy atom. The number of aryl methyl sites for hydroxylation is 1. The van der Waals surface area contributed by atoms with Gasteiger partial charge in [0.25, 0.3) is 5.78 Å². The number of aromatic nitrogens is 6. The molecule has 0 radical (unpaired) electrons. The van der Waals surface area contributed by atoms with Crippen molar-refractivity contribution in [2.45, 2.75) is 19.8 Å². The van der Waals surface area contributed by atoms with Crippen molar-refractivity contribution in [3.8, 4) is 11.3 Å². The first-order valence-corrected chi connectivity index (χ1v) is 7.06. The van der Waals surface area contributed by atoms with Crippen LogP contribution in [0.25, 0.3) is 17.0 Å². The van der Waals surface area contributed by atoms with E-state index in [1.807, 2.05) is 13.0 Å². The molecule has 3 aromatic heterocycles. The van der Waals surface area contributed by atoms with E-state index in [1.165, 1.54) is 19.2 Å². The highest BCUT2D eigenvalue weighted by molar-refractivity contribution is 5.63. The monoisotopic (exact) mass is 281 g/mol. The van der Waals surface area contributed by atoms with Crippen molar-refractivity contribution in [3.05, 3.63) is 30.5 Å². The molecule has 0 bridgehead atoms. The Labute approximate surface area is 121 Å². The van der Waals surface area contributed by atoms with E-state index in [0.717, 1.165) is 36.0 Å². The summed E-state index contributed by atoms with van der Waals surface area (Å²) in [5, 5.41) is 4.19. The summed E-state index contributed by atoms with van der Waals surface area (Å²) in [7, 11) is 0. The Kier molecular flexibility index (Phi) is 2.77. The van der Waals surface area contributed by atoms with Gasteiger partial charge >= 0.3 is 0 Å². The maximum atomic E-state index is 4.69. The third-order valence-electron chi connectivity index (χ3n) is 3.85. The molecule has 0 aliphatic carbocycles. The molecule has 0 saturated carbocycles. The Balaban J connectivity index is 1.80. The first kappa shape index (κ1) is 12.2. The normalized spacial score (nSPS) is 15.0. The molecule has 3 aromatic rings. The molecule has 21 heavy (non-hydrogen) atoms. The predicted octanol–water partition coefficient (Wildman–Crippen LogP) is 1.49. The summed E-state index contributed by atoms with van der Waals surface area (Å²) in [6.45, 7) is 4.06. The van der Waals surface area contributed by atoms with E-state index in [9.17, 15) is 0 Å². The van der Waals surface area contributed by atoms with Gasteiger partial charge in [-0.1, -0.05) is 0 Å². The van der Waals surface area contributed by atoms with Crippen LogP contribution in [0.15, 0.2) is 24.8 Å². The van der Waals surface area contributed by atoms with Gasteiger partial charge in [0.05, 0.1) is 11.4 Å². The lowest BCUT2D eigenvalue weighted by atomic mass is 10.2. The maximum absolute atomic E-state index is 4.69. The molecular weight excluding hydrogens is 266 g/mol. The van der Waals surface area contributed by atoms with Crippen LogP contribution in [0.3, 0.4) is 0 Å². The van der Waals surface area contributed by atoms with Crippen molar-refractivity contribution in [1.82, 2.24) is 29.5 Å². The fraction of sp³-hybridized carbons (Fsp3) is 0.357. The lowest BCUT2D eigenvalue weighted by Gasteiger charge is -2.15. The van der Waals surface area contributed by atoms with E-state index < -0.39 is 0 Å². The second kappa shape index (κ2) is 4.76. The van der Waals surface area contributed by atoms with Crippen molar-refractivity contribution < 1.29 is 0 Å². The van der Waals surface area contributed by atoms with Crippen LogP contribution in [0.2, 0.25) is 0 Å². The molecule has 1 fully saturated rings. The number of hydrogen-bond acceptors (Lipinski definition) is 6. The maximum Gasteiger partial charge on any atom is 0.252 e. The summed E-state index contributed by atoms with van der Waals surface area (Å²) in [6.07, 6.45) is 7.53. The van der Waals surface area contributed by atoms with Crippen molar-refractivity contribution in [2.24, 2.45) is 0 Å². The highest BCUT2D eigenvalue weighted by Crippen LogP contribution is 2.23. The quantitative estimate of drug-likeness (QED) is 0.708. The zero-order chi connectivity index (χ0) is 14.2. The molecule has 4 rings (SSSR count). The molecule has 1 saturated heterocycles. The largest absolute Gasteiger partial charge is 0.341 e. The van der Waals surface area contributed by atoms with Crippen molar-refractivity contribution in [1.29, 1.82) is 0 Å². The van der Waals surface area contributed by atoms with Gasteiger partial charge in [-0.05, 0) is 25.8 Å². The number of rotatable bonds is 2. The van der Waals surface area contributed by atoms with Crippen LogP contribution in [-0.2, 0) is 0 Å². The Hall–Kier alpha value is -2.57. The molecule has 0 spiro atoms. The Morgan fingerprint density at radius 1 is 1.10 bits per heavy atom.